The van der Waals surface area contributed by atoms with Crippen LogP contribution in [0.15, 0.2) is 65.8 Å². The van der Waals surface area contributed by atoms with Gasteiger partial charge in [-0.3, -0.25) is 15.1 Å². The van der Waals surface area contributed by atoms with Crippen LogP contribution in [0.25, 0.3) is 10.9 Å². The molecule has 3 rings (SSSR count). The molecule has 3 aromatic rings. The number of nitrogens with two attached hydrogens (primary N) is 1. The highest BCUT2D eigenvalue weighted by Crippen LogP contribution is 2.26. The minimum Gasteiger partial charge on any atom is -0.465 e. The number of para-hydroxylation sites is 3. The summed E-state index contributed by atoms with van der Waals surface area (Å²) in [6.45, 7) is 0.0851. The molecule has 0 aliphatic heterocycles. The van der Waals surface area contributed by atoms with E-state index in [4.69, 9.17) is 15.2 Å². The van der Waals surface area contributed by atoms with Crippen LogP contribution in [0, 0.1) is 0 Å². The van der Waals surface area contributed by atoms with Gasteiger partial charge in [0.2, 0.25) is 5.96 Å². The van der Waals surface area contributed by atoms with E-state index in [1.54, 1.807) is 30.5 Å². The van der Waals surface area contributed by atoms with Crippen LogP contribution in [0.2, 0.25) is 0 Å². The molecule has 7 nitrogen and oxygen atoms in total. The van der Waals surface area contributed by atoms with Crippen molar-refractivity contribution in [3.05, 3.63) is 66.4 Å². The quantitative estimate of drug-likeness (QED) is 0.419. The van der Waals surface area contributed by atoms with Gasteiger partial charge >= 0.3 is 0 Å². The number of fused-ring (bicyclic) bond motifs is 1. The van der Waals surface area contributed by atoms with Crippen molar-refractivity contribution in [2.45, 2.75) is 0 Å². The van der Waals surface area contributed by atoms with Crippen molar-refractivity contribution in [1.29, 1.82) is 0 Å². The maximum atomic E-state index is 12.6. The number of aromatic nitrogens is 1. The van der Waals surface area contributed by atoms with E-state index in [1.165, 1.54) is 7.11 Å². The predicted molar refractivity (Wildman–Crippen MR) is 99.4 cm³/mol. The Morgan fingerprint density at radius 3 is 2.77 bits per heavy atom. The fourth-order valence-electron chi connectivity index (χ4n) is 2.43. The third-order valence-electron chi connectivity index (χ3n) is 3.57. The smallest absolute Gasteiger partial charge is 0.258 e. The number of aliphatic imine (C=N–C) groups is 1. The summed E-state index contributed by atoms with van der Waals surface area (Å²) in [4.78, 5) is 21.0. The van der Waals surface area contributed by atoms with Crippen LogP contribution in [0.4, 0.5) is 5.69 Å². The van der Waals surface area contributed by atoms with E-state index in [9.17, 15) is 4.79 Å². The summed E-state index contributed by atoms with van der Waals surface area (Å²) in [6, 6.07) is 16.1. The first-order chi connectivity index (χ1) is 12.7. The summed E-state index contributed by atoms with van der Waals surface area (Å²) in [5.74, 6) is 0.102. The van der Waals surface area contributed by atoms with Gasteiger partial charge in [-0.15, -0.1) is 0 Å². The zero-order valence-corrected chi connectivity index (χ0v) is 14.2. The molecule has 7 heteroatoms. The zero-order valence-electron chi connectivity index (χ0n) is 14.2. The van der Waals surface area contributed by atoms with Crippen LogP contribution in [0.1, 0.15) is 10.4 Å². The molecule has 1 aromatic heterocycles. The topological polar surface area (TPSA) is 98.8 Å². The highest BCUT2D eigenvalue weighted by molar-refractivity contribution is 6.12. The van der Waals surface area contributed by atoms with E-state index in [1.807, 2.05) is 30.3 Å². The Morgan fingerprint density at radius 2 is 1.92 bits per heavy atom. The van der Waals surface area contributed by atoms with E-state index in [0.29, 0.717) is 17.0 Å². The summed E-state index contributed by atoms with van der Waals surface area (Å²) in [6.07, 6.45) is 1.58. The molecule has 0 aliphatic rings. The maximum Gasteiger partial charge on any atom is 0.258 e. The summed E-state index contributed by atoms with van der Waals surface area (Å²) < 4.78 is 10.3. The maximum absolute atomic E-state index is 12.6. The van der Waals surface area contributed by atoms with Crippen LogP contribution >= 0.6 is 0 Å². The van der Waals surface area contributed by atoms with Gasteiger partial charge in [0.1, 0.15) is 11.4 Å². The number of amides is 1. The Hall–Kier alpha value is -3.45. The van der Waals surface area contributed by atoms with Gasteiger partial charge in [-0.2, -0.15) is 0 Å². The molecule has 1 heterocycles. The van der Waals surface area contributed by atoms with E-state index in [0.717, 1.165) is 10.9 Å². The highest BCUT2D eigenvalue weighted by Gasteiger charge is 2.12. The van der Waals surface area contributed by atoms with Gasteiger partial charge in [0.25, 0.3) is 5.91 Å². The molecule has 26 heavy (non-hydrogen) atoms. The first kappa shape index (κ1) is 17.4. The molecule has 2 aromatic carbocycles. The first-order valence-electron chi connectivity index (χ1n) is 7.89. The summed E-state index contributed by atoms with van der Waals surface area (Å²) in [5, 5.41) is 3.33. The third-order valence-corrected chi connectivity index (χ3v) is 3.57. The first-order valence-corrected chi connectivity index (χ1v) is 7.89. The molecular weight excluding hydrogens is 332 g/mol. The van der Waals surface area contributed by atoms with Crippen molar-refractivity contribution in [3.8, 4) is 5.75 Å². The minimum absolute atomic E-state index is 0.0376. The molecule has 0 bridgehead atoms. The number of hydrogen-bond acceptors (Lipinski definition) is 5. The van der Waals surface area contributed by atoms with E-state index < -0.39 is 0 Å². The Balaban J connectivity index is 1.82. The molecule has 0 atom stereocenters. The summed E-state index contributed by atoms with van der Waals surface area (Å²) in [5.41, 5.74) is 7.59. The summed E-state index contributed by atoms with van der Waals surface area (Å²) >= 11 is 0. The van der Waals surface area contributed by atoms with Crippen molar-refractivity contribution >= 4 is 28.5 Å². The molecule has 0 radical (unpaired) electrons. The van der Waals surface area contributed by atoms with Gasteiger partial charge in [-0.05, 0) is 24.3 Å². The third kappa shape index (κ3) is 3.96. The molecule has 0 saturated carbocycles. The summed E-state index contributed by atoms with van der Waals surface area (Å²) in [7, 11) is 1.53. The Bertz CT molecular complexity index is 951. The molecule has 0 unspecified atom stereocenters. The SMILES string of the molecule is COCOc1ccccc1N=C(N)NC(=O)c1ccnc2ccccc12. The number of pyridine rings is 1. The largest absolute Gasteiger partial charge is 0.465 e. The van der Waals surface area contributed by atoms with Crippen LogP contribution in [0.5, 0.6) is 5.75 Å². The second kappa shape index (κ2) is 8.09. The van der Waals surface area contributed by atoms with Crippen molar-refractivity contribution in [1.82, 2.24) is 10.3 Å². The average Bonchev–Trinajstić information content (AvgIpc) is 2.66. The van der Waals surface area contributed by atoms with Crippen LogP contribution < -0.4 is 15.8 Å². The van der Waals surface area contributed by atoms with Gasteiger partial charge in [0.05, 0.1) is 11.1 Å². The molecular formula is C19H18N4O3. The Kier molecular flexibility index (Phi) is 5.40. The lowest BCUT2D eigenvalue weighted by atomic mass is 10.1. The number of ether oxygens (including phenoxy) is 2. The van der Waals surface area contributed by atoms with Crippen LogP contribution in [-0.2, 0) is 4.74 Å². The number of guanidine groups is 1. The van der Waals surface area contributed by atoms with E-state index >= 15 is 0 Å². The standard InChI is InChI=1S/C19H18N4O3/c1-25-12-26-17-9-5-4-8-16(17)22-19(20)23-18(24)14-10-11-21-15-7-3-2-6-13(14)15/h2-11H,12H2,1H3,(H3,20,22,23,24). The number of nitrogens with one attached hydrogen (secondary N) is 1. The number of carbonyl (C=O) groups excluding carboxylic acids is 1. The lowest BCUT2D eigenvalue weighted by molar-refractivity contribution is 0.0515. The molecule has 1 amide bonds. The van der Waals surface area contributed by atoms with Crippen LogP contribution in [0.3, 0.4) is 0 Å². The number of nitrogens with zero attached hydrogens (tertiary/aromatic N) is 2. The van der Waals surface area contributed by atoms with E-state index in [2.05, 4.69) is 15.3 Å². The van der Waals surface area contributed by atoms with Crippen molar-refractivity contribution < 1.29 is 14.3 Å². The number of hydrogen-bond donors (Lipinski definition) is 2. The van der Waals surface area contributed by atoms with Crippen molar-refractivity contribution in [2.75, 3.05) is 13.9 Å². The van der Waals surface area contributed by atoms with Gasteiger partial charge in [-0.25, -0.2) is 4.99 Å². The van der Waals surface area contributed by atoms with Crippen molar-refractivity contribution in [3.63, 3.8) is 0 Å². The number of rotatable bonds is 5. The number of benzene rings is 2. The lowest BCUT2D eigenvalue weighted by Crippen LogP contribution is -2.36. The monoisotopic (exact) mass is 350 g/mol. The molecule has 0 aliphatic carbocycles. The fraction of sp³-hybridized carbons (Fsp3) is 0.105. The number of methoxy groups -OCH3 is 1. The highest BCUT2D eigenvalue weighted by atomic mass is 16.7. The minimum atomic E-state index is -0.361. The number of carbonyl (C=O) groups is 1. The van der Waals surface area contributed by atoms with Gasteiger partial charge < -0.3 is 15.2 Å². The predicted octanol–water partition coefficient (Wildman–Crippen LogP) is 2.59. The van der Waals surface area contributed by atoms with E-state index in [-0.39, 0.29) is 18.7 Å². The van der Waals surface area contributed by atoms with Gasteiger partial charge in [-0.1, -0.05) is 30.3 Å². The molecule has 132 valence electrons. The normalized spacial score (nSPS) is 11.3. The molecule has 3 N–H and O–H groups in total. The zero-order chi connectivity index (χ0) is 18.4. The molecule has 0 spiro atoms. The second-order valence-corrected chi connectivity index (χ2v) is 5.35. The second-order valence-electron chi connectivity index (χ2n) is 5.35. The molecule has 0 fully saturated rings. The average molecular weight is 350 g/mol. The van der Waals surface area contributed by atoms with Crippen LogP contribution in [-0.4, -0.2) is 30.8 Å². The van der Waals surface area contributed by atoms with Gasteiger partial charge in [0.15, 0.2) is 6.79 Å². The molecule has 0 saturated heterocycles. The van der Waals surface area contributed by atoms with Crippen molar-refractivity contribution in [2.24, 2.45) is 10.7 Å². The fourth-order valence-corrected chi connectivity index (χ4v) is 2.43. The Morgan fingerprint density at radius 1 is 1.15 bits per heavy atom. The van der Waals surface area contributed by atoms with Gasteiger partial charge in [0, 0.05) is 18.7 Å². The Labute approximate surface area is 150 Å². The lowest BCUT2D eigenvalue weighted by Gasteiger charge is -2.09.